The van der Waals surface area contributed by atoms with Crippen LogP contribution in [0.2, 0.25) is 0 Å². The Hall–Kier alpha value is -3.21. The van der Waals surface area contributed by atoms with E-state index in [0.29, 0.717) is 52.2 Å². The van der Waals surface area contributed by atoms with Crippen LogP contribution in [0.3, 0.4) is 0 Å². The minimum absolute atomic E-state index is 0.127. The highest BCUT2D eigenvalue weighted by Gasteiger charge is 2.22. The number of aromatic hydroxyl groups is 1. The fourth-order valence-electron chi connectivity index (χ4n) is 3.53. The average Bonchev–Trinajstić information content (AvgIpc) is 2.69. The number of rotatable bonds is 4. The minimum atomic E-state index is -0.204. The topological polar surface area (TPSA) is 68.9 Å². The average molecular weight is 378 g/mol. The molecule has 5 heteroatoms. The molecule has 2 aromatic rings. The molecule has 0 atom stereocenters. The van der Waals surface area contributed by atoms with Gasteiger partial charge in [0, 0.05) is 12.5 Å². The molecule has 4 rings (SSSR count). The lowest BCUT2D eigenvalue weighted by Crippen LogP contribution is -2.14. The van der Waals surface area contributed by atoms with Crippen molar-refractivity contribution in [1.82, 2.24) is 0 Å². The van der Waals surface area contributed by atoms with Crippen LogP contribution in [-0.4, -0.2) is 5.11 Å². The zero-order chi connectivity index (χ0) is 19.7. The van der Waals surface area contributed by atoms with Gasteiger partial charge in [-0.2, -0.15) is 0 Å². The largest absolute Gasteiger partial charge is 0.508 e. The Kier molecular flexibility index (Phi) is 4.82. The van der Waals surface area contributed by atoms with Crippen molar-refractivity contribution in [2.24, 2.45) is 0 Å². The molecule has 144 valence electrons. The molecule has 0 amide bonds. The third kappa shape index (κ3) is 3.36. The van der Waals surface area contributed by atoms with E-state index in [4.69, 9.17) is 13.9 Å². The van der Waals surface area contributed by atoms with Gasteiger partial charge in [-0.25, -0.2) is 0 Å². The SMILES string of the molecule is CCc1cc2c(=O)c(C3=COC=C(CC4=CC=CCC4)O3)c(C)oc2cc1O. The monoisotopic (exact) mass is 378 g/mol. The van der Waals surface area contributed by atoms with Crippen LogP contribution in [0.15, 0.2) is 63.4 Å². The highest BCUT2D eigenvalue weighted by Crippen LogP contribution is 2.31. The number of phenolic OH excluding ortho intramolecular Hbond substituents is 1. The Balaban J connectivity index is 1.69. The number of allylic oxidation sites excluding steroid dienone is 4. The van der Waals surface area contributed by atoms with E-state index < -0.39 is 0 Å². The van der Waals surface area contributed by atoms with Gasteiger partial charge < -0.3 is 19.0 Å². The van der Waals surface area contributed by atoms with Gasteiger partial charge in [0.05, 0.1) is 5.39 Å². The van der Waals surface area contributed by atoms with Crippen LogP contribution in [0.1, 0.15) is 43.1 Å². The fraction of sp³-hybridized carbons (Fsp3) is 0.261. The van der Waals surface area contributed by atoms with Crippen molar-refractivity contribution in [1.29, 1.82) is 0 Å². The van der Waals surface area contributed by atoms with E-state index in [1.165, 1.54) is 17.9 Å². The smallest absolute Gasteiger partial charge is 0.204 e. The molecule has 1 aliphatic carbocycles. The lowest BCUT2D eigenvalue weighted by Gasteiger charge is -2.19. The van der Waals surface area contributed by atoms with E-state index >= 15 is 0 Å². The first kappa shape index (κ1) is 18.2. The molecule has 1 aromatic carbocycles. The molecule has 0 bridgehead atoms. The molecule has 0 saturated heterocycles. The summed E-state index contributed by atoms with van der Waals surface area (Å²) in [4.78, 5) is 13.2. The van der Waals surface area contributed by atoms with Crippen LogP contribution in [0.25, 0.3) is 16.7 Å². The number of fused-ring (bicyclic) bond motifs is 1. The second-order valence-electron chi connectivity index (χ2n) is 6.97. The summed E-state index contributed by atoms with van der Waals surface area (Å²) in [5, 5.41) is 10.5. The first-order valence-corrected chi connectivity index (χ1v) is 9.43. The van der Waals surface area contributed by atoms with Gasteiger partial charge in [0.15, 0.2) is 5.76 Å². The van der Waals surface area contributed by atoms with E-state index in [1.807, 2.05) is 13.0 Å². The van der Waals surface area contributed by atoms with Crippen molar-refractivity contribution in [2.45, 2.75) is 39.5 Å². The molecule has 2 heterocycles. The van der Waals surface area contributed by atoms with Gasteiger partial charge in [-0.15, -0.1) is 0 Å². The molecule has 0 radical (unpaired) electrons. The molecular weight excluding hydrogens is 356 g/mol. The normalized spacial score (nSPS) is 16.1. The zero-order valence-electron chi connectivity index (χ0n) is 16.0. The molecule has 2 aliphatic rings. The van der Waals surface area contributed by atoms with Crippen molar-refractivity contribution < 1.29 is 19.0 Å². The molecular formula is C23H22O5. The second-order valence-corrected chi connectivity index (χ2v) is 6.97. The molecule has 0 unspecified atom stereocenters. The number of aryl methyl sites for hydroxylation is 2. The van der Waals surface area contributed by atoms with Gasteiger partial charge in [0.2, 0.25) is 5.43 Å². The lowest BCUT2D eigenvalue weighted by molar-refractivity contribution is 0.272. The lowest BCUT2D eigenvalue weighted by atomic mass is 10.0. The quantitative estimate of drug-likeness (QED) is 0.790. The van der Waals surface area contributed by atoms with Crippen LogP contribution < -0.4 is 5.43 Å². The van der Waals surface area contributed by atoms with Crippen LogP contribution in [0.5, 0.6) is 5.75 Å². The number of benzene rings is 1. The van der Waals surface area contributed by atoms with Gasteiger partial charge in [-0.3, -0.25) is 4.79 Å². The number of hydrogen-bond donors (Lipinski definition) is 1. The third-order valence-corrected chi connectivity index (χ3v) is 5.01. The molecule has 5 nitrogen and oxygen atoms in total. The van der Waals surface area contributed by atoms with E-state index in [2.05, 4.69) is 12.2 Å². The van der Waals surface area contributed by atoms with Crippen molar-refractivity contribution in [3.8, 4) is 5.75 Å². The molecule has 1 aliphatic heterocycles. The van der Waals surface area contributed by atoms with Crippen LogP contribution in [-0.2, 0) is 15.9 Å². The predicted octanol–water partition coefficient (Wildman–Crippen LogP) is 5.22. The molecule has 0 spiro atoms. The maximum absolute atomic E-state index is 13.2. The highest BCUT2D eigenvalue weighted by atomic mass is 16.5. The molecule has 0 fully saturated rings. The van der Waals surface area contributed by atoms with E-state index in [9.17, 15) is 9.90 Å². The standard InChI is InChI=1S/C23H22O5/c1-3-16-10-18-20(11-19(16)24)27-14(2)22(23(18)25)21-13-26-12-17(28-21)9-15-7-5-4-6-8-15/h4-5,7,10-13,24H,3,6,8-9H2,1-2H3. The summed E-state index contributed by atoms with van der Waals surface area (Å²) < 4.78 is 17.3. The maximum atomic E-state index is 13.2. The van der Waals surface area contributed by atoms with E-state index in [0.717, 1.165) is 12.8 Å². The van der Waals surface area contributed by atoms with Gasteiger partial charge in [-0.1, -0.05) is 30.7 Å². The van der Waals surface area contributed by atoms with Gasteiger partial charge in [0.1, 0.15) is 40.9 Å². The molecule has 28 heavy (non-hydrogen) atoms. The Bertz CT molecular complexity index is 1110. The van der Waals surface area contributed by atoms with Gasteiger partial charge in [-0.05, 0) is 37.8 Å². The molecule has 0 saturated carbocycles. The number of phenols is 1. The van der Waals surface area contributed by atoms with Crippen LogP contribution in [0.4, 0.5) is 0 Å². The van der Waals surface area contributed by atoms with Crippen molar-refractivity contribution >= 4 is 16.7 Å². The summed E-state index contributed by atoms with van der Waals surface area (Å²) in [6.45, 7) is 3.63. The van der Waals surface area contributed by atoms with Gasteiger partial charge >= 0.3 is 0 Å². The first-order valence-electron chi connectivity index (χ1n) is 9.43. The maximum Gasteiger partial charge on any atom is 0.204 e. The summed E-state index contributed by atoms with van der Waals surface area (Å²) in [6, 6.07) is 3.17. The Morgan fingerprint density at radius 1 is 1.21 bits per heavy atom. The van der Waals surface area contributed by atoms with Crippen LogP contribution in [0, 0.1) is 6.92 Å². The van der Waals surface area contributed by atoms with Gasteiger partial charge in [0.25, 0.3) is 0 Å². The third-order valence-electron chi connectivity index (χ3n) is 5.01. The highest BCUT2D eigenvalue weighted by molar-refractivity contribution is 5.83. The van der Waals surface area contributed by atoms with E-state index in [1.54, 1.807) is 19.3 Å². The zero-order valence-corrected chi connectivity index (χ0v) is 16.0. The Labute approximate surface area is 162 Å². The number of hydrogen-bond acceptors (Lipinski definition) is 5. The van der Waals surface area contributed by atoms with E-state index in [-0.39, 0.29) is 11.2 Å². The summed E-state index contributed by atoms with van der Waals surface area (Å²) >= 11 is 0. The van der Waals surface area contributed by atoms with Crippen molar-refractivity contribution in [2.75, 3.05) is 0 Å². The predicted molar refractivity (Wildman–Crippen MR) is 108 cm³/mol. The Morgan fingerprint density at radius 2 is 2.07 bits per heavy atom. The first-order chi connectivity index (χ1) is 13.6. The summed E-state index contributed by atoms with van der Waals surface area (Å²) in [5.41, 5.74) is 2.44. The minimum Gasteiger partial charge on any atom is -0.508 e. The van der Waals surface area contributed by atoms with Crippen molar-refractivity contribution in [3.63, 3.8) is 0 Å². The second kappa shape index (κ2) is 7.43. The van der Waals surface area contributed by atoms with Crippen LogP contribution >= 0.6 is 0 Å². The summed E-state index contributed by atoms with van der Waals surface area (Å²) in [6.07, 6.45) is 12.5. The van der Waals surface area contributed by atoms with Crippen molar-refractivity contribution in [3.05, 3.63) is 81.3 Å². The molecule has 1 N–H and O–H groups in total. The Morgan fingerprint density at radius 3 is 2.82 bits per heavy atom. The molecule has 1 aromatic heterocycles. The summed E-state index contributed by atoms with van der Waals surface area (Å²) in [7, 11) is 0. The number of ether oxygens (including phenoxy) is 2. The summed E-state index contributed by atoms with van der Waals surface area (Å²) in [5.74, 6) is 1.53. The fourth-order valence-corrected chi connectivity index (χ4v) is 3.53.